The van der Waals surface area contributed by atoms with Gasteiger partial charge in [0.25, 0.3) is 0 Å². The van der Waals surface area contributed by atoms with E-state index in [2.05, 4.69) is 18.9 Å². The maximum Gasteiger partial charge on any atom is 0.0521 e. The molecule has 0 aliphatic carbocycles. The Balaban J connectivity index is 0.000000671. The first-order chi connectivity index (χ1) is 6.25. The largest absolute Gasteiger partial charge is 0.272 e. The van der Waals surface area contributed by atoms with E-state index in [0.29, 0.717) is 0 Å². The van der Waals surface area contributed by atoms with Gasteiger partial charge in [0.05, 0.1) is 6.20 Å². The summed E-state index contributed by atoms with van der Waals surface area (Å²) in [4.78, 5) is 0. The lowest BCUT2D eigenvalue weighted by atomic mass is 10.1. The zero-order valence-corrected chi connectivity index (χ0v) is 9.59. The zero-order valence-electron chi connectivity index (χ0n) is 9.59. The van der Waals surface area contributed by atoms with Crippen molar-refractivity contribution in [2.75, 3.05) is 0 Å². The molecular formula is C11H22N2. The second-order valence-corrected chi connectivity index (χ2v) is 3.00. The molecule has 0 unspecified atom stereocenters. The fourth-order valence-corrected chi connectivity index (χ4v) is 1.28. The van der Waals surface area contributed by atoms with Crippen LogP contribution in [0.25, 0.3) is 0 Å². The molecule has 0 N–H and O–H groups in total. The summed E-state index contributed by atoms with van der Waals surface area (Å²) in [5, 5.41) is 4.19. The summed E-state index contributed by atoms with van der Waals surface area (Å²) in [5.74, 6) is 0. The Morgan fingerprint density at radius 2 is 2.00 bits per heavy atom. The highest BCUT2D eigenvalue weighted by molar-refractivity contribution is 5.15. The Morgan fingerprint density at radius 3 is 2.38 bits per heavy atom. The molecule has 1 aromatic rings. The standard InChI is InChI=1S/C9H16N2.C2H6/c1-4-5-6-9-8(2)7-10-11(9)3;1-2/h7H,4-6H2,1-3H3;1-2H3. The molecular weight excluding hydrogens is 160 g/mol. The first-order valence-corrected chi connectivity index (χ1v) is 5.23. The van der Waals surface area contributed by atoms with Crippen LogP contribution in [0.4, 0.5) is 0 Å². The van der Waals surface area contributed by atoms with Crippen molar-refractivity contribution in [2.45, 2.75) is 47.0 Å². The van der Waals surface area contributed by atoms with E-state index in [4.69, 9.17) is 0 Å². The number of rotatable bonds is 3. The van der Waals surface area contributed by atoms with Crippen molar-refractivity contribution < 1.29 is 0 Å². The average Bonchev–Trinajstić information content (AvgIpc) is 2.47. The highest BCUT2D eigenvalue weighted by Crippen LogP contribution is 2.08. The maximum absolute atomic E-state index is 4.19. The summed E-state index contributed by atoms with van der Waals surface area (Å²) in [6.07, 6.45) is 5.62. The SMILES string of the molecule is CC.CCCCc1c(C)cnn1C. The molecule has 0 atom stereocenters. The Morgan fingerprint density at radius 1 is 1.38 bits per heavy atom. The molecule has 0 aliphatic heterocycles. The molecule has 0 fully saturated rings. The maximum atomic E-state index is 4.19. The summed E-state index contributed by atoms with van der Waals surface area (Å²) >= 11 is 0. The van der Waals surface area contributed by atoms with Crippen LogP contribution < -0.4 is 0 Å². The quantitative estimate of drug-likeness (QED) is 0.702. The minimum Gasteiger partial charge on any atom is -0.272 e. The molecule has 1 aromatic heterocycles. The summed E-state index contributed by atoms with van der Waals surface area (Å²) in [7, 11) is 2.01. The molecule has 0 bridgehead atoms. The van der Waals surface area contributed by atoms with Gasteiger partial charge >= 0.3 is 0 Å². The minimum atomic E-state index is 1.17. The van der Waals surface area contributed by atoms with Crippen molar-refractivity contribution in [3.05, 3.63) is 17.5 Å². The van der Waals surface area contributed by atoms with E-state index in [0.717, 1.165) is 0 Å². The van der Waals surface area contributed by atoms with Gasteiger partial charge in [-0.1, -0.05) is 27.2 Å². The third-order valence-corrected chi connectivity index (χ3v) is 2.04. The Labute approximate surface area is 82.0 Å². The first-order valence-electron chi connectivity index (χ1n) is 5.23. The van der Waals surface area contributed by atoms with E-state index in [1.165, 1.54) is 30.5 Å². The Kier molecular flexibility index (Phi) is 6.29. The second kappa shape index (κ2) is 6.70. The van der Waals surface area contributed by atoms with Crippen LogP contribution in [0.5, 0.6) is 0 Å². The van der Waals surface area contributed by atoms with E-state index in [-0.39, 0.29) is 0 Å². The smallest absolute Gasteiger partial charge is 0.0521 e. The van der Waals surface area contributed by atoms with E-state index in [1.807, 2.05) is 31.8 Å². The molecule has 76 valence electrons. The van der Waals surface area contributed by atoms with Gasteiger partial charge in [-0.3, -0.25) is 4.68 Å². The van der Waals surface area contributed by atoms with E-state index in [1.54, 1.807) is 0 Å². The van der Waals surface area contributed by atoms with Crippen LogP contribution in [0.2, 0.25) is 0 Å². The number of nitrogens with zero attached hydrogens (tertiary/aromatic N) is 2. The minimum absolute atomic E-state index is 1.17. The van der Waals surface area contributed by atoms with Gasteiger partial charge in [0.15, 0.2) is 0 Å². The monoisotopic (exact) mass is 182 g/mol. The molecule has 0 radical (unpaired) electrons. The Bertz CT molecular complexity index is 206. The van der Waals surface area contributed by atoms with Gasteiger partial charge in [0.2, 0.25) is 0 Å². The van der Waals surface area contributed by atoms with Gasteiger partial charge in [-0.2, -0.15) is 5.10 Å². The summed E-state index contributed by atoms with van der Waals surface area (Å²) in [5.41, 5.74) is 2.70. The normalized spacial score (nSPS) is 9.31. The van der Waals surface area contributed by atoms with Crippen molar-refractivity contribution in [1.82, 2.24) is 9.78 Å². The van der Waals surface area contributed by atoms with Gasteiger partial charge in [-0.05, 0) is 25.3 Å². The summed E-state index contributed by atoms with van der Waals surface area (Å²) < 4.78 is 1.98. The van der Waals surface area contributed by atoms with Crippen molar-refractivity contribution in [3.63, 3.8) is 0 Å². The predicted octanol–water partition coefficient (Wildman–Crippen LogP) is 3.10. The van der Waals surface area contributed by atoms with Crippen molar-refractivity contribution in [2.24, 2.45) is 7.05 Å². The highest BCUT2D eigenvalue weighted by atomic mass is 15.3. The summed E-state index contributed by atoms with van der Waals surface area (Å²) in [6, 6.07) is 0. The molecule has 0 spiro atoms. The Hall–Kier alpha value is -0.790. The van der Waals surface area contributed by atoms with Gasteiger partial charge in [-0.25, -0.2) is 0 Å². The molecule has 1 rings (SSSR count). The van der Waals surface area contributed by atoms with Crippen LogP contribution in [-0.4, -0.2) is 9.78 Å². The molecule has 0 saturated heterocycles. The third kappa shape index (κ3) is 3.62. The van der Waals surface area contributed by atoms with Crippen LogP contribution in [0, 0.1) is 6.92 Å². The summed E-state index contributed by atoms with van der Waals surface area (Å²) in [6.45, 7) is 8.34. The topological polar surface area (TPSA) is 17.8 Å². The number of aromatic nitrogens is 2. The van der Waals surface area contributed by atoms with Gasteiger partial charge < -0.3 is 0 Å². The van der Waals surface area contributed by atoms with Gasteiger partial charge in [0, 0.05) is 12.7 Å². The van der Waals surface area contributed by atoms with Crippen LogP contribution in [0.3, 0.4) is 0 Å². The molecule has 13 heavy (non-hydrogen) atoms. The van der Waals surface area contributed by atoms with Gasteiger partial charge in [-0.15, -0.1) is 0 Å². The molecule has 0 amide bonds. The van der Waals surface area contributed by atoms with Crippen LogP contribution in [-0.2, 0) is 13.5 Å². The lowest BCUT2D eigenvalue weighted by molar-refractivity contribution is 0.674. The van der Waals surface area contributed by atoms with Crippen LogP contribution >= 0.6 is 0 Å². The van der Waals surface area contributed by atoms with Crippen molar-refractivity contribution >= 4 is 0 Å². The number of hydrogen-bond donors (Lipinski definition) is 0. The zero-order chi connectivity index (χ0) is 10.3. The lowest BCUT2D eigenvalue weighted by Crippen LogP contribution is -1.98. The molecule has 0 aliphatic rings. The van der Waals surface area contributed by atoms with E-state index in [9.17, 15) is 0 Å². The number of hydrogen-bond acceptors (Lipinski definition) is 1. The molecule has 2 heteroatoms. The predicted molar refractivity (Wildman–Crippen MR) is 57.9 cm³/mol. The average molecular weight is 182 g/mol. The molecule has 2 nitrogen and oxygen atoms in total. The molecule has 1 heterocycles. The third-order valence-electron chi connectivity index (χ3n) is 2.04. The second-order valence-electron chi connectivity index (χ2n) is 3.00. The highest BCUT2D eigenvalue weighted by Gasteiger charge is 2.01. The molecule has 0 saturated carbocycles. The van der Waals surface area contributed by atoms with Crippen LogP contribution in [0.1, 0.15) is 44.9 Å². The van der Waals surface area contributed by atoms with Gasteiger partial charge in [0.1, 0.15) is 0 Å². The fourth-order valence-electron chi connectivity index (χ4n) is 1.28. The first kappa shape index (κ1) is 12.2. The van der Waals surface area contributed by atoms with Crippen molar-refractivity contribution in [1.29, 1.82) is 0 Å². The van der Waals surface area contributed by atoms with E-state index >= 15 is 0 Å². The lowest BCUT2D eigenvalue weighted by Gasteiger charge is -2.01. The number of aryl methyl sites for hydroxylation is 2. The van der Waals surface area contributed by atoms with Crippen molar-refractivity contribution in [3.8, 4) is 0 Å². The fraction of sp³-hybridized carbons (Fsp3) is 0.727. The molecule has 0 aromatic carbocycles. The van der Waals surface area contributed by atoms with Crippen LogP contribution in [0.15, 0.2) is 6.20 Å². The van der Waals surface area contributed by atoms with E-state index < -0.39 is 0 Å². The number of unbranched alkanes of at least 4 members (excludes halogenated alkanes) is 1.